The Labute approximate surface area is 180 Å². The van der Waals surface area contributed by atoms with Crippen LogP contribution in [-0.2, 0) is 0 Å². The van der Waals surface area contributed by atoms with E-state index < -0.39 is 0 Å². The van der Waals surface area contributed by atoms with Gasteiger partial charge in [0.1, 0.15) is 0 Å². The van der Waals surface area contributed by atoms with E-state index in [2.05, 4.69) is 27.1 Å². The minimum atomic E-state index is -0.234. The molecule has 2 N–H and O–H groups in total. The molecule has 0 saturated carbocycles. The Morgan fingerprint density at radius 2 is 1.58 bits per heavy atom. The third kappa shape index (κ3) is 3.78. The SMILES string of the molecule is CN1CCN(c2ccc(NC(=O)c3ccc4[nH]c5ccccc5c(=O)c4c3)cc2)CC1. The number of likely N-dealkylation sites (N-methyl/N-ethyl adjacent to an activating group) is 1. The largest absolute Gasteiger partial charge is 0.369 e. The molecular weight excluding hydrogens is 388 g/mol. The van der Waals surface area contributed by atoms with Gasteiger partial charge in [0.25, 0.3) is 5.91 Å². The van der Waals surface area contributed by atoms with Gasteiger partial charge in [0.15, 0.2) is 5.43 Å². The third-order valence-corrected chi connectivity index (χ3v) is 5.96. The predicted octanol–water partition coefficient (Wildman–Crippen LogP) is 3.69. The first-order valence-corrected chi connectivity index (χ1v) is 10.5. The summed E-state index contributed by atoms with van der Waals surface area (Å²) >= 11 is 0. The molecule has 1 aromatic heterocycles. The molecule has 1 aliphatic heterocycles. The second-order valence-electron chi connectivity index (χ2n) is 8.05. The lowest BCUT2D eigenvalue weighted by molar-refractivity contribution is 0.102. The van der Waals surface area contributed by atoms with Gasteiger partial charge < -0.3 is 20.1 Å². The van der Waals surface area contributed by atoms with Crippen LogP contribution in [0.25, 0.3) is 21.8 Å². The lowest BCUT2D eigenvalue weighted by Gasteiger charge is -2.34. The molecule has 5 rings (SSSR count). The summed E-state index contributed by atoms with van der Waals surface area (Å²) in [5.41, 5.74) is 3.78. The van der Waals surface area contributed by atoms with Crippen LogP contribution in [0.1, 0.15) is 10.4 Å². The van der Waals surface area contributed by atoms with Gasteiger partial charge in [-0.2, -0.15) is 0 Å². The summed E-state index contributed by atoms with van der Waals surface area (Å²) < 4.78 is 0. The second-order valence-corrected chi connectivity index (χ2v) is 8.05. The van der Waals surface area contributed by atoms with Crippen LogP contribution < -0.4 is 15.6 Å². The van der Waals surface area contributed by atoms with Gasteiger partial charge in [-0.25, -0.2) is 0 Å². The Hall–Kier alpha value is -3.64. The van der Waals surface area contributed by atoms with E-state index >= 15 is 0 Å². The number of para-hydroxylation sites is 1. The fraction of sp³-hybridized carbons (Fsp3) is 0.200. The van der Waals surface area contributed by atoms with Crippen molar-refractivity contribution in [3.05, 3.63) is 82.5 Å². The van der Waals surface area contributed by atoms with Gasteiger partial charge in [-0.3, -0.25) is 9.59 Å². The minimum Gasteiger partial charge on any atom is -0.369 e. The molecule has 4 aromatic rings. The van der Waals surface area contributed by atoms with E-state index in [9.17, 15) is 9.59 Å². The lowest BCUT2D eigenvalue weighted by atomic mass is 10.1. The van der Waals surface area contributed by atoms with Crippen molar-refractivity contribution < 1.29 is 4.79 Å². The highest BCUT2D eigenvalue weighted by Crippen LogP contribution is 2.21. The number of aromatic amines is 1. The van der Waals surface area contributed by atoms with Crippen molar-refractivity contribution in [1.82, 2.24) is 9.88 Å². The highest BCUT2D eigenvalue weighted by atomic mass is 16.1. The number of fused-ring (bicyclic) bond motifs is 2. The quantitative estimate of drug-likeness (QED) is 0.504. The van der Waals surface area contributed by atoms with Crippen LogP contribution in [0, 0.1) is 0 Å². The number of hydrogen-bond donors (Lipinski definition) is 2. The van der Waals surface area contributed by atoms with Crippen molar-refractivity contribution in [2.24, 2.45) is 0 Å². The third-order valence-electron chi connectivity index (χ3n) is 5.96. The molecule has 1 saturated heterocycles. The van der Waals surface area contributed by atoms with E-state index in [4.69, 9.17) is 0 Å². The first-order chi connectivity index (χ1) is 15.1. The molecule has 3 aromatic carbocycles. The van der Waals surface area contributed by atoms with Gasteiger partial charge in [-0.05, 0) is 61.6 Å². The molecule has 156 valence electrons. The average molecular weight is 412 g/mol. The summed E-state index contributed by atoms with van der Waals surface area (Å²) in [5, 5.41) is 4.07. The van der Waals surface area contributed by atoms with E-state index in [1.807, 2.05) is 42.5 Å². The number of H-pyrrole nitrogens is 1. The van der Waals surface area contributed by atoms with Gasteiger partial charge >= 0.3 is 0 Å². The number of nitrogens with zero attached hydrogens (tertiary/aromatic N) is 2. The molecule has 0 spiro atoms. The summed E-state index contributed by atoms with van der Waals surface area (Å²) in [5.74, 6) is -0.234. The van der Waals surface area contributed by atoms with E-state index in [1.165, 1.54) is 0 Å². The zero-order chi connectivity index (χ0) is 21.4. The number of benzene rings is 3. The molecule has 31 heavy (non-hydrogen) atoms. The molecule has 2 heterocycles. The van der Waals surface area contributed by atoms with Crippen LogP contribution in [0.5, 0.6) is 0 Å². The highest BCUT2D eigenvalue weighted by molar-refractivity contribution is 6.07. The summed E-state index contributed by atoms with van der Waals surface area (Å²) in [4.78, 5) is 33.6. The first kappa shape index (κ1) is 19.3. The monoisotopic (exact) mass is 412 g/mol. The Morgan fingerprint density at radius 1 is 0.871 bits per heavy atom. The van der Waals surface area contributed by atoms with Gasteiger partial charge in [0.05, 0.1) is 0 Å². The molecule has 0 bridgehead atoms. The number of amides is 1. The van der Waals surface area contributed by atoms with Crippen LogP contribution in [0.15, 0.2) is 71.5 Å². The van der Waals surface area contributed by atoms with Crippen LogP contribution in [0.4, 0.5) is 11.4 Å². The zero-order valence-electron chi connectivity index (χ0n) is 17.4. The number of hydrogen-bond acceptors (Lipinski definition) is 4. The summed E-state index contributed by atoms with van der Waals surface area (Å²) in [6, 6.07) is 20.5. The normalized spacial score (nSPS) is 14.8. The number of rotatable bonds is 3. The summed E-state index contributed by atoms with van der Waals surface area (Å²) in [7, 11) is 2.14. The number of nitrogens with one attached hydrogen (secondary N) is 2. The molecule has 1 aliphatic rings. The predicted molar refractivity (Wildman–Crippen MR) is 126 cm³/mol. The average Bonchev–Trinajstić information content (AvgIpc) is 2.80. The maximum Gasteiger partial charge on any atom is 0.255 e. The Bertz CT molecular complexity index is 1320. The lowest BCUT2D eigenvalue weighted by Crippen LogP contribution is -2.44. The molecule has 6 heteroatoms. The number of aromatic nitrogens is 1. The van der Waals surface area contributed by atoms with Crippen molar-refractivity contribution in [3.8, 4) is 0 Å². The molecule has 0 aliphatic carbocycles. The fourth-order valence-corrected chi connectivity index (χ4v) is 4.09. The van der Waals surface area contributed by atoms with Crippen molar-refractivity contribution in [1.29, 1.82) is 0 Å². The van der Waals surface area contributed by atoms with Gasteiger partial charge in [0, 0.05) is 64.9 Å². The van der Waals surface area contributed by atoms with Crippen LogP contribution >= 0.6 is 0 Å². The number of anilines is 2. The molecular formula is C25H24N4O2. The first-order valence-electron chi connectivity index (χ1n) is 10.5. The highest BCUT2D eigenvalue weighted by Gasteiger charge is 2.15. The van der Waals surface area contributed by atoms with Crippen molar-refractivity contribution in [2.75, 3.05) is 43.4 Å². The van der Waals surface area contributed by atoms with Crippen LogP contribution in [0.3, 0.4) is 0 Å². The Morgan fingerprint density at radius 3 is 2.35 bits per heavy atom. The van der Waals surface area contributed by atoms with Crippen molar-refractivity contribution in [3.63, 3.8) is 0 Å². The summed E-state index contributed by atoms with van der Waals surface area (Å²) in [6.07, 6.45) is 0. The smallest absolute Gasteiger partial charge is 0.255 e. The number of carbonyl (C=O) groups is 1. The van der Waals surface area contributed by atoms with Crippen molar-refractivity contribution in [2.45, 2.75) is 0 Å². The molecule has 0 unspecified atom stereocenters. The Kier molecular flexibility index (Phi) is 4.92. The zero-order valence-corrected chi connectivity index (χ0v) is 17.4. The Balaban J connectivity index is 1.37. The van der Waals surface area contributed by atoms with E-state index in [1.54, 1.807) is 24.3 Å². The molecule has 0 radical (unpaired) electrons. The molecule has 6 nitrogen and oxygen atoms in total. The summed E-state index contributed by atoms with van der Waals surface area (Å²) in [6.45, 7) is 4.11. The van der Waals surface area contributed by atoms with Gasteiger partial charge in [-0.15, -0.1) is 0 Å². The molecule has 0 atom stereocenters. The maximum absolute atomic E-state index is 12.9. The van der Waals surface area contributed by atoms with Gasteiger partial charge in [0.2, 0.25) is 0 Å². The van der Waals surface area contributed by atoms with E-state index in [0.29, 0.717) is 16.3 Å². The maximum atomic E-state index is 12.9. The molecule has 1 amide bonds. The number of piperazine rings is 1. The van der Waals surface area contributed by atoms with Crippen LogP contribution in [-0.4, -0.2) is 49.0 Å². The van der Waals surface area contributed by atoms with Crippen LogP contribution in [0.2, 0.25) is 0 Å². The minimum absolute atomic E-state index is 0.0736. The molecule has 1 fully saturated rings. The number of carbonyl (C=O) groups excluding carboxylic acids is 1. The van der Waals surface area contributed by atoms with E-state index in [-0.39, 0.29) is 11.3 Å². The fourth-order valence-electron chi connectivity index (χ4n) is 4.09. The standard InChI is InChI=1S/C25H24N4O2/c1-28-12-14-29(15-13-28)19-9-7-18(8-10-19)26-25(31)17-6-11-23-21(16-17)24(30)20-4-2-3-5-22(20)27-23/h2-11,16H,12-15H2,1H3,(H,26,31)(H,27,30). The van der Waals surface area contributed by atoms with Crippen molar-refractivity contribution >= 4 is 39.1 Å². The second kappa shape index (κ2) is 7.89. The topological polar surface area (TPSA) is 68.4 Å². The van der Waals surface area contributed by atoms with E-state index in [0.717, 1.165) is 48.6 Å². The number of pyridine rings is 1. The van der Waals surface area contributed by atoms with Gasteiger partial charge in [-0.1, -0.05) is 12.1 Å².